The Balaban J connectivity index is 1.95. The molecule has 0 radical (unpaired) electrons. The van der Waals surface area contributed by atoms with Crippen LogP contribution in [0.5, 0.6) is 5.75 Å². The summed E-state index contributed by atoms with van der Waals surface area (Å²) in [5, 5.41) is 0. The molecule has 0 saturated carbocycles. The van der Waals surface area contributed by atoms with Crippen LogP contribution in [-0.4, -0.2) is 25.1 Å². The number of thioether (sulfide) groups is 1. The summed E-state index contributed by atoms with van der Waals surface area (Å²) in [5.74, 6) is 8.33. The third-order valence-corrected chi connectivity index (χ3v) is 7.25. The first kappa shape index (κ1) is 19.8. The van der Waals surface area contributed by atoms with Gasteiger partial charge in [-0.15, -0.1) is 11.8 Å². The minimum Gasteiger partial charge on any atom is -0.497 e. The summed E-state index contributed by atoms with van der Waals surface area (Å²) in [7, 11) is 0.673. The van der Waals surface area contributed by atoms with Gasteiger partial charge in [0.1, 0.15) is 5.75 Å². The Morgan fingerprint density at radius 1 is 0.960 bits per heavy atom. The minimum absolute atomic E-state index is 0.843. The van der Waals surface area contributed by atoms with Crippen molar-refractivity contribution in [2.75, 3.05) is 12.9 Å². The van der Waals surface area contributed by atoms with E-state index in [-0.39, 0.29) is 0 Å². The van der Waals surface area contributed by atoms with Crippen LogP contribution in [0.1, 0.15) is 16.7 Å². The van der Waals surface area contributed by atoms with Crippen LogP contribution in [0.4, 0.5) is 0 Å². The maximum absolute atomic E-state index is 5.55. The van der Waals surface area contributed by atoms with Gasteiger partial charge in [-0.2, -0.15) is 0 Å². The molecule has 4 heteroatoms. The molecule has 0 heterocycles. The molecule has 0 saturated heterocycles. The van der Waals surface area contributed by atoms with Gasteiger partial charge in [-0.3, -0.25) is 0 Å². The van der Waals surface area contributed by atoms with Crippen LogP contribution in [0.2, 0.25) is 25.7 Å². The van der Waals surface area contributed by atoms with Crippen molar-refractivity contribution in [2.45, 2.75) is 25.7 Å². The monoisotopic (exact) mass is 384 g/mol. The van der Waals surface area contributed by atoms with E-state index in [1.807, 2.05) is 36.4 Å². The number of methoxy groups -OCH3 is 1. The molecule has 0 aromatic heterocycles. The Bertz CT molecular complexity index is 763. The molecular formula is C21H24OS2Si. The van der Waals surface area contributed by atoms with E-state index < -0.39 is 8.07 Å². The fraction of sp³-hybridized carbons (Fsp3) is 0.286. The molecular weight excluding hydrogens is 360 g/mol. The normalized spacial score (nSPS) is 10.7. The molecule has 0 spiro atoms. The Hall–Kier alpha value is -1.54. The fourth-order valence-corrected chi connectivity index (χ4v) is 5.77. The van der Waals surface area contributed by atoms with Crippen molar-refractivity contribution in [1.29, 1.82) is 0 Å². The molecule has 0 bridgehead atoms. The van der Waals surface area contributed by atoms with Crippen LogP contribution in [0.25, 0.3) is 0 Å². The molecule has 0 atom stereocenters. The lowest BCUT2D eigenvalue weighted by atomic mass is 10.1. The molecule has 2 rings (SSSR count). The lowest BCUT2D eigenvalue weighted by Crippen LogP contribution is -2.20. The maximum Gasteiger partial charge on any atom is 0.118 e. The molecule has 2 aromatic rings. The summed E-state index contributed by atoms with van der Waals surface area (Å²) >= 11 is 7.34. The predicted octanol–water partition coefficient (Wildman–Crippen LogP) is 5.84. The summed E-state index contributed by atoms with van der Waals surface area (Å²) in [6.45, 7) is 7.19. The summed E-state index contributed by atoms with van der Waals surface area (Å²) in [6.07, 6.45) is 0. The highest BCUT2D eigenvalue weighted by molar-refractivity contribution is 8.23. The minimum atomic E-state index is -0.990. The smallest absolute Gasteiger partial charge is 0.118 e. The van der Waals surface area contributed by atoms with Gasteiger partial charge >= 0.3 is 0 Å². The van der Waals surface area contributed by atoms with E-state index >= 15 is 0 Å². The number of thiocarbonyl (C=S) groups is 1. The second-order valence-corrected chi connectivity index (χ2v) is 14.4. The van der Waals surface area contributed by atoms with Crippen molar-refractivity contribution in [3.05, 3.63) is 65.2 Å². The average molecular weight is 385 g/mol. The predicted molar refractivity (Wildman–Crippen MR) is 118 cm³/mol. The zero-order valence-electron chi connectivity index (χ0n) is 15.3. The van der Waals surface area contributed by atoms with Crippen molar-refractivity contribution in [3.63, 3.8) is 0 Å². The van der Waals surface area contributed by atoms with Crippen molar-refractivity contribution in [3.8, 4) is 17.6 Å². The highest BCUT2D eigenvalue weighted by atomic mass is 32.2. The number of rotatable bonds is 5. The summed E-state index contributed by atoms with van der Waals surface area (Å²) in [4.78, 5) is 0. The highest BCUT2D eigenvalue weighted by Crippen LogP contribution is 2.19. The van der Waals surface area contributed by atoms with Gasteiger partial charge in [0.2, 0.25) is 0 Å². The first-order valence-corrected chi connectivity index (χ1v) is 13.4. The Kier molecular flexibility index (Phi) is 7.31. The van der Waals surface area contributed by atoms with E-state index in [4.69, 9.17) is 17.0 Å². The third-order valence-electron chi connectivity index (χ3n) is 3.65. The van der Waals surface area contributed by atoms with E-state index in [0.717, 1.165) is 32.4 Å². The molecule has 0 unspecified atom stereocenters. The van der Waals surface area contributed by atoms with Crippen molar-refractivity contribution in [2.24, 2.45) is 0 Å². The van der Waals surface area contributed by atoms with E-state index in [0.29, 0.717) is 0 Å². The van der Waals surface area contributed by atoms with E-state index in [1.54, 1.807) is 18.9 Å². The van der Waals surface area contributed by atoms with Gasteiger partial charge in [-0.1, -0.05) is 55.8 Å². The first-order valence-electron chi connectivity index (χ1n) is 8.31. The summed E-state index contributed by atoms with van der Waals surface area (Å²) in [6, 6.07) is 17.3. The quantitative estimate of drug-likeness (QED) is 0.364. The van der Waals surface area contributed by atoms with Crippen molar-refractivity contribution in [1.82, 2.24) is 0 Å². The number of benzene rings is 2. The molecule has 0 N–H and O–H groups in total. The van der Waals surface area contributed by atoms with Crippen LogP contribution in [0.15, 0.2) is 48.5 Å². The Labute approximate surface area is 162 Å². The molecule has 0 aliphatic rings. The Morgan fingerprint density at radius 3 is 1.96 bits per heavy atom. The molecule has 0 aliphatic heterocycles. The third kappa shape index (κ3) is 7.07. The number of ether oxygens (including phenoxy) is 1. The molecule has 2 aromatic carbocycles. The maximum atomic E-state index is 5.55. The van der Waals surface area contributed by atoms with Crippen LogP contribution in [0, 0.1) is 11.8 Å². The highest BCUT2D eigenvalue weighted by Gasteiger charge is 2.13. The van der Waals surface area contributed by atoms with Crippen LogP contribution >= 0.6 is 24.0 Å². The molecule has 1 nitrogen and oxygen atoms in total. The van der Waals surface area contributed by atoms with Gasteiger partial charge < -0.3 is 4.74 Å². The van der Waals surface area contributed by atoms with Crippen LogP contribution < -0.4 is 4.74 Å². The molecule has 130 valence electrons. The molecule has 0 amide bonds. The standard InChI is InChI=1S/C21H24OS2Si/c1-22-20-13-9-18(10-14-20)6-5-17-7-11-19(12-8-17)21(23)24-15-16-25(2,3)4/h7-14H,15-16H2,1-4H3. The largest absolute Gasteiger partial charge is 0.497 e. The molecule has 25 heavy (non-hydrogen) atoms. The second kappa shape index (κ2) is 9.24. The summed E-state index contributed by atoms with van der Waals surface area (Å²) < 4.78 is 6.13. The average Bonchev–Trinajstić information content (AvgIpc) is 2.59. The SMILES string of the molecule is COc1ccc(C#Cc2ccc(C(=S)SCC[Si](C)(C)C)cc2)cc1. The first-order chi connectivity index (χ1) is 11.9. The van der Waals surface area contributed by atoms with Gasteiger partial charge in [0, 0.05) is 19.2 Å². The molecule has 0 aliphatic carbocycles. The molecule has 0 fully saturated rings. The van der Waals surface area contributed by atoms with Crippen molar-refractivity contribution >= 4 is 36.3 Å². The summed E-state index contributed by atoms with van der Waals surface area (Å²) in [5.41, 5.74) is 3.09. The van der Waals surface area contributed by atoms with Crippen LogP contribution in [0.3, 0.4) is 0 Å². The lowest BCUT2D eigenvalue weighted by molar-refractivity contribution is 0.415. The lowest BCUT2D eigenvalue weighted by Gasteiger charge is -2.15. The Morgan fingerprint density at radius 2 is 1.48 bits per heavy atom. The number of hydrogen-bond donors (Lipinski definition) is 0. The zero-order valence-corrected chi connectivity index (χ0v) is 17.9. The van der Waals surface area contributed by atoms with Gasteiger partial charge in [0.15, 0.2) is 0 Å². The van der Waals surface area contributed by atoms with Gasteiger partial charge in [0.05, 0.1) is 11.3 Å². The second-order valence-electron chi connectivity index (χ2n) is 7.00. The van der Waals surface area contributed by atoms with Gasteiger partial charge in [-0.25, -0.2) is 0 Å². The number of hydrogen-bond acceptors (Lipinski definition) is 3. The van der Waals surface area contributed by atoms with Gasteiger partial charge in [-0.05, 0) is 53.8 Å². The van der Waals surface area contributed by atoms with E-state index in [1.165, 1.54) is 6.04 Å². The zero-order chi connectivity index (χ0) is 18.3. The van der Waals surface area contributed by atoms with Crippen molar-refractivity contribution < 1.29 is 4.74 Å². The fourth-order valence-electron chi connectivity index (χ4n) is 2.04. The van der Waals surface area contributed by atoms with E-state index in [2.05, 4.69) is 43.6 Å². The van der Waals surface area contributed by atoms with Gasteiger partial charge in [0.25, 0.3) is 0 Å². The van der Waals surface area contributed by atoms with Crippen LogP contribution in [-0.2, 0) is 0 Å². The topological polar surface area (TPSA) is 9.23 Å². The van der Waals surface area contributed by atoms with E-state index in [9.17, 15) is 0 Å².